The van der Waals surface area contributed by atoms with Crippen molar-refractivity contribution in [1.82, 2.24) is 19.9 Å². The Morgan fingerprint density at radius 3 is 2.27 bits per heavy atom. The zero-order valence-corrected chi connectivity index (χ0v) is 32.2. The molecule has 6 aliphatic rings. The molecule has 55 heavy (non-hydrogen) atoms. The molecule has 6 atom stereocenters. The Morgan fingerprint density at radius 2 is 1.60 bits per heavy atom. The molecule has 3 heterocycles. The number of ether oxygens (including phenoxy) is 2. The average Bonchev–Trinajstić information content (AvgIpc) is 3.84. The molecule has 4 N–H and O–H groups in total. The lowest BCUT2D eigenvalue weighted by atomic mass is 9.57. The van der Waals surface area contributed by atoms with Gasteiger partial charge in [0.1, 0.15) is 5.82 Å². The number of carbonyl (C=O) groups excluding carboxylic acids is 1. The van der Waals surface area contributed by atoms with Gasteiger partial charge in [0.25, 0.3) is 5.91 Å². The van der Waals surface area contributed by atoms with Crippen LogP contribution in [0.4, 0.5) is 0 Å². The number of amides is 1. The molecule has 4 unspecified atom stereocenters. The summed E-state index contributed by atoms with van der Waals surface area (Å²) in [6.07, 6.45) is 10.4. The second-order valence-electron chi connectivity index (χ2n) is 16.6. The zero-order chi connectivity index (χ0) is 38.5. The Hall–Kier alpha value is -4.90. The molecule has 286 valence electrons. The van der Waals surface area contributed by atoms with Crippen molar-refractivity contribution in [1.29, 1.82) is 5.26 Å². The van der Waals surface area contributed by atoms with Gasteiger partial charge in [0.05, 0.1) is 23.8 Å². The van der Waals surface area contributed by atoms with Crippen LogP contribution in [0.1, 0.15) is 85.5 Å². The van der Waals surface area contributed by atoms with E-state index in [0.717, 1.165) is 71.9 Å². The molecule has 0 radical (unpaired) electrons. The first-order valence-electron chi connectivity index (χ1n) is 19.4. The minimum atomic E-state index is -1.21. The Labute approximate surface area is 321 Å². The largest absolute Gasteiger partial charge is 0.381 e. The van der Waals surface area contributed by atoms with Crippen molar-refractivity contribution in [3.63, 3.8) is 0 Å². The molecule has 9 rings (SSSR count). The maximum Gasteiger partial charge on any atom is 0.262 e. The highest BCUT2D eigenvalue weighted by molar-refractivity contribution is 6.09. The van der Waals surface area contributed by atoms with E-state index < -0.39 is 28.1 Å². The van der Waals surface area contributed by atoms with Crippen LogP contribution in [0.15, 0.2) is 58.8 Å². The number of hydroxylamine groups is 2. The predicted octanol–water partition coefficient (Wildman–Crippen LogP) is 4.60. The highest BCUT2D eigenvalue weighted by Gasteiger charge is 2.71. The molecule has 1 amide bonds. The number of methoxy groups -OCH3 is 2. The summed E-state index contributed by atoms with van der Waals surface area (Å²) in [6, 6.07) is 14.0. The summed E-state index contributed by atoms with van der Waals surface area (Å²) in [5.41, 5.74) is 16.3. The lowest BCUT2D eigenvalue weighted by Crippen LogP contribution is -2.61. The third-order valence-electron chi connectivity index (χ3n) is 14.3. The van der Waals surface area contributed by atoms with E-state index in [4.69, 9.17) is 35.8 Å². The molecule has 0 saturated heterocycles. The molecule has 13 nitrogen and oxygen atoms in total. The minimum absolute atomic E-state index is 0.0547. The summed E-state index contributed by atoms with van der Waals surface area (Å²) in [7, 11) is 5.28. The van der Waals surface area contributed by atoms with E-state index in [1.165, 1.54) is 5.06 Å². The average molecular weight is 744 g/mol. The number of fused-ring (bicyclic) bond motifs is 6. The highest BCUT2D eigenvalue weighted by Crippen LogP contribution is 2.67. The monoisotopic (exact) mass is 743 g/mol. The van der Waals surface area contributed by atoms with Crippen molar-refractivity contribution in [2.75, 3.05) is 21.3 Å². The number of aryl methyl sites for hydroxylation is 1. The molecule has 4 spiro atoms. The van der Waals surface area contributed by atoms with Gasteiger partial charge in [-0.15, -0.1) is 0 Å². The highest BCUT2D eigenvalue weighted by atomic mass is 16.7. The first kappa shape index (κ1) is 35.8. The lowest BCUT2D eigenvalue weighted by molar-refractivity contribution is -0.250. The number of hydrogen-bond acceptors (Lipinski definition) is 12. The molecule has 0 bridgehead atoms. The van der Waals surface area contributed by atoms with Crippen LogP contribution in [-0.2, 0) is 43.2 Å². The standard InChI is InChI=1S/C42H49N9O4/c1-24(33-18-32(54-5)12-15-40(33)20-29-7-6-26(21-43)16-35(29)42(40)49-37(44)50(3)55-42)51-36(52)41(48-38(51)45)34-17-27(30-22-46-25(2)47-23-30)8-9-28(34)19-39(41)13-10-31(53-4)11-14-39/h6-9,16-17,22-24,31-33H,10-15,18-20H2,1-5H3,(H2,44,49)(H2,45,48)/t24?,31?,32-,33?,39?,40+,41?,42?/m0/s1. The van der Waals surface area contributed by atoms with Gasteiger partial charge in [-0.25, -0.2) is 29.9 Å². The van der Waals surface area contributed by atoms with Gasteiger partial charge in [-0.2, -0.15) is 5.26 Å². The Kier molecular flexibility index (Phi) is 8.17. The van der Waals surface area contributed by atoms with Crippen LogP contribution in [0.5, 0.6) is 0 Å². The van der Waals surface area contributed by atoms with E-state index in [2.05, 4.69) is 41.2 Å². The molecule has 2 aromatic carbocycles. The van der Waals surface area contributed by atoms with E-state index in [-0.39, 0.29) is 36.0 Å². The van der Waals surface area contributed by atoms with Crippen LogP contribution in [0, 0.1) is 35.0 Å². The van der Waals surface area contributed by atoms with Gasteiger partial charge in [-0.1, -0.05) is 18.2 Å². The van der Waals surface area contributed by atoms with Gasteiger partial charge >= 0.3 is 0 Å². The maximum absolute atomic E-state index is 15.9. The molecule has 1 aromatic heterocycles. The number of nitrogens with zero attached hydrogens (tertiary/aromatic N) is 7. The summed E-state index contributed by atoms with van der Waals surface area (Å²) in [4.78, 5) is 43.9. The second kappa shape index (κ2) is 12.6. The fraction of sp³-hybridized carbons (Fsp3) is 0.524. The molecular weight excluding hydrogens is 695 g/mol. The number of nitriles is 1. The number of carbonyl (C=O) groups is 1. The Balaban J connectivity index is 1.17. The fourth-order valence-corrected chi connectivity index (χ4v) is 11.5. The van der Waals surface area contributed by atoms with E-state index in [0.29, 0.717) is 30.7 Å². The minimum Gasteiger partial charge on any atom is -0.381 e. The van der Waals surface area contributed by atoms with Crippen LogP contribution in [0.3, 0.4) is 0 Å². The molecule has 2 aliphatic heterocycles. The number of rotatable bonds is 5. The third kappa shape index (κ3) is 4.83. The number of benzene rings is 2. The van der Waals surface area contributed by atoms with Crippen LogP contribution in [0.25, 0.3) is 11.1 Å². The maximum atomic E-state index is 15.9. The fourth-order valence-electron chi connectivity index (χ4n) is 11.5. The first-order chi connectivity index (χ1) is 26.4. The van der Waals surface area contributed by atoms with Gasteiger partial charge in [-0.3, -0.25) is 9.69 Å². The predicted molar refractivity (Wildman–Crippen MR) is 205 cm³/mol. The van der Waals surface area contributed by atoms with Gasteiger partial charge in [0, 0.05) is 61.7 Å². The van der Waals surface area contributed by atoms with Crippen molar-refractivity contribution >= 4 is 17.8 Å². The van der Waals surface area contributed by atoms with E-state index >= 15 is 4.79 Å². The summed E-state index contributed by atoms with van der Waals surface area (Å²) < 4.78 is 11.9. The molecule has 4 aliphatic carbocycles. The third-order valence-corrected chi connectivity index (χ3v) is 14.3. The summed E-state index contributed by atoms with van der Waals surface area (Å²) in [5, 5.41) is 11.5. The van der Waals surface area contributed by atoms with Crippen LogP contribution in [0.2, 0.25) is 0 Å². The first-order valence-corrected chi connectivity index (χ1v) is 19.4. The van der Waals surface area contributed by atoms with Crippen molar-refractivity contribution in [2.24, 2.45) is 38.2 Å². The number of hydrogen-bond donors (Lipinski definition) is 2. The summed E-state index contributed by atoms with van der Waals surface area (Å²) in [5.74, 6) is 0.874. The van der Waals surface area contributed by atoms with Crippen LogP contribution in [-0.4, -0.2) is 77.3 Å². The Bertz CT molecular complexity index is 2180. The quantitative estimate of drug-likeness (QED) is 0.376. The van der Waals surface area contributed by atoms with Gasteiger partial charge in [0.15, 0.2) is 11.5 Å². The molecule has 3 aromatic rings. The number of aromatic nitrogens is 2. The van der Waals surface area contributed by atoms with Crippen molar-refractivity contribution in [3.05, 3.63) is 82.4 Å². The molecule has 13 heteroatoms. The van der Waals surface area contributed by atoms with E-state index in [1.54, 1.807) is 26.2 Å². The van der Waals surface area contributed by atoms with E-state index in [1.807, 2.05) is 37.5 Å². The normalized spacial score (nSPS) is 34.0. The molecular formula is C42H49N9O4. The second-order valence-corrected chi connectivity index (χ2v) is 16.6. The van der Waals surface area contributed by atoms with Gasteiger partial charge in [-0.05, 0) is 118 Å². The van der Waals surface area contributed by atoms with Crippen LogP contribution < -0.4 is 11.5 Å². The van der Waals surface area contributed by atoms with Crippen molar-refractivity contribution in [2.45, 2.75) is 101 Å². The Morgan fingerprint density at radius 1 is 0.909 bits per heavy atom. The van der Waals surface area contributed by atoms with Crippen molar-refractivity contribution < 1.29 is 19.1 Å². The van der Waals surface area contributed by atoms with Crippen molar-refractivity contribution in [3.8, 4) is 17.2 Å². The van der Waals surface area contributed by atoms with Gasteiger partial charge < -0.3 is 20.9 Å². The van der Waals surface area contributed by atoms with Crippen LogP contribution >= 0.6 is 0 Å². The van der Waals surface area contributed by atoms with Gasteiger partial charge in [0.2, 0.25) is 11.7 Å². The molecule has 2 fully saturated rings. The number of nitrogens with two attached hydrogens (primary N) is 2. The summed E-state index contributed by atoms with van der Waals surface area (Å²) in [6.45, 7) is 3.96. The lowest BCUT2D eigenvalue weighted by Gasteiger charge is -2.53. The van der Waals surface area contributed by atoms with E-state index in [9.17, 15) is 5.26 Å². The topological polar surface area (TPSA) is 178 Å². The number of aliphatic imine (C=N–C) groups is 2. The SMILES string of the molecule is COC1CCC2(CC1)Cc1ccc(-c3cnc(C)nc3)cc1C21N=C(N)N(C(C)C2C[C@@H](OC)CC[C@@]23Cc2ccc(C#N)cc2C32N=C(N)N(C)O2)C1=O. The zero-order valence-electron chi connectivity index (χ0n) is 32.2. The number of guanidine groups is 2. The summed E-state index contributed by atoms with van der Waals surface area (Å²) >= 11 is 0. The smallest absolute Gasteiger partial charge is 0.262 e. The molecule has 2 saturated carbocycles.